The molecular weight excluding hydrogens is 338 g/mol. The Bertz CT molecular complexity index is 1040. The third-order valence-corrected chi connectivity index (χ3v) is 4.66. The van der Waals surface area contributed by atoms with Crippen LogP contribution in [0.2, 0.25) is 0 Å². The van der Waals surface area contributed by atoms with E-state index < -0.39 is 6.10 Å². The van der Waals surface area contributed by atoms with E-state index in [0.29, 0.717) is 19.7 Å². The first kappa shape index (κ1) is 17.4. The number of fused-ring (bicyclic) bond motifs is 3. The van der Waals surface area contributed by atoms with E-state index in [1.807, 2.05) is 60.7 Å². The number of hydrogen-bond acceptors (Lipinski definition) is 4. The smallest absolute Gasteiger partial charge is 0.121 e. The third kappa shape index (κ3) is 3.89. The molecule has 3 aromatic carbocycles. The van der Waals surface area contributed by atoms with Gasteiger partial charge in [-0.25, -0.2) is 0 Å². The molecule has 1 atom stereocenters. The van der Waals surface area contributed by atoms with Gasteiger partial charge in [0.1, 0.15) is 12.4 Å². The van der Waals surface area contributed by atoms with E-state index in [9.17, 15) is 5.11 Å². The molecule has 5 heteroatoms. The minimum atomic E-state index is -0.513. The fourth-order valence-corrected chi connectivity index (χ4v) is 3.26. The number of aliphatic hydroxyl groups is 1. The van der Waals surface area contributed by atoms with Gasteiger partial charge < -0.3 is 25.9 Å². The van der Waals surface area contributed by atoms with E-state index in [1.54, 1.807) is 0 Å². The van der Waals surface area contributed by atoms with Gasteiger partial charge in [-0.2, -0.15) is 0 Å². The molecule has 0 saturated heterocycles. The van der Waals surface area contributed by atoms with Crippen molar-refractivity contribution in [3.05, 3.63) is 72.3 Å². The van der Waals surface area contributed by atoms with E-state index >= 15 is 0 Å². The van der Waals surface area contributed by atoms with Crippen molar-refractivity contribution in [1.29, 1.82) is 0 Å². The zero-order valence-electron chi connectivity index (χ0n) is 15.0. The lowest BCUT2D eigenvalue weighted by atomic mass is 10.1. The minimum absolute atomic E-state index is 0.496. The van der Waals surface area contributed by atoms with Crippen LogP contribution >= 0.6 is 0 Å². The lowest BCUT2D eigenvalue weighted by molar-refractivity contribution is 0.172. The predicted molar refractivity (Wildman–Crippen MR) is 110 cm³/mol. The van der Waals surface area contributed by atoms with Gasteiger partial charge in [0.15, 0.2) is 0 Å². The second-order valence-corrected chi connectivity index (χ2v) is 6.62. The molecule has 5 nitrogen and oxygen atoms in total. The Balaban J connectivity index is 1.32. The van der Waals surface area contributed by atoms with Crippen LogP contribution in [0.1, 0.15) is 11.7 Å². The summed E-state index contributed by atoms with van der Waals surface area (Å²) in [7, 11) is 0. The van der Waals surface area contributed by atoms with Gasteiger partial charge in [0.2, 0.25) is 0 Å². The molecule has 0 amide bonds. The highest BCUT2D eigenvalue weighted by molar-refractivity contribution is 6.08. The number of hydrogen-bond donors (Lipinski definition) is 4. The Kier molecular flexibility index (Phi) is 4.96. The maximum atomic E-state index is 10.1. The molecule has 1 unspecified atom stereocenters. The fourth-order valence-electron chi connectivity index (χ4n) is 3.26. The Morgan fingerprint density at radius 1 is 0.963 bits per heavy atom. The van der Waals surface area contributed by atoms with Gasteiger partial charge in [0, 0.05) is 41.1 Å². The molecule has 27 heavy (non-hydrogen) atoms. The van der Waals surface area contributed by atoms with Gasteiger partial charge in [0.25, 0.3) is 0 Å². The number of rotatable bonds is 7. The van der Waals surface area contributed by atoms with Crippen molar-refractivity contribution in [1.82, 2.24) is 10.3 Å². The van der Waals surface area contributed by atoms with E-state index in [1.165, 1.54) is 0 Å². The van der Waals surface area contributed by atoms with Gasteiger partial charge in [-0.05, 0) is 35.9 Å². The molecule has 0 bridgehead atoms. The third-order valence-electron chi connectivity index (χ3n) is 4.66. The van der Waals surface area contributed by atoms with Crippen LogP contribution in [0.4, 0.5) is 5.69 Å². The number of aromatic nitrogens is 1. The molecule has 1 aromatic heterocycles. The molecule has 0 aliphatic rings. The molecule has 4 rings (SSSR count). The van der Waals surface area contributed by atoms with Crippen molar-refractivity contribution < 1.29 is 9.84 Å². The SMILES string of the molecule is Nc1ccc2[nH]c3cc(OCCNCC(O)c4ccccc4)ccc3c2c1. The maximum Gasteiger partial charge on any atom is 0.121 e. The molecule has 0 aliphatic heterocycles. The quantitative estimate of drug-likeness (QED) is 0.299. The first-order chi connectivity index (χ1) is 13.2. The summed E-state index contributed by atoms with van der Waals surface area (Å²) in [5.74, 6) is 0.812. The number of nitrogens with one attached hydrogen (secondary N) is 2. The number of ether oxygens (including phenoxy) is 1. The summed E-state index contributed by atoms with van der Waals surface area (Å²) in [6.07, 6.45) is -0.513. The predicted octanol–water partition coefficient (Wildman–Crippen LogP) is 3.61. The topological polar surface area (TPSA) is 83.3 Å². The monoisotopic (exact) mass is 361 g/mol. The number of benzene rings is 3. The van der Waals surface area contributed by atoms with Crippen LogP contribution < -0.4 is 15.8 Å². The van der Waals surface area contributed by atoms with Crippen LogP contribution in [0.25, 0.3) is 21.8 Å². The van der Waals surface area contributed by atoms with Crippen molar-refractivity contribution >= 4 is 27.5 Å². The minimum Gasteiger partial charge on any atom is -0.492 e. The van der Waals surface area contributed by atoms with Gasteiger partial charge in [0.05, 0.1) is 11.6 Å². The number of nitrogens with two attached hydrogens (primary N) is 1. The highest BCUT2D eigenvalue weighted by atomic mass is 16.5. The first-order valence-corrected chi connectivity index (χ1v) is 9.08. The number of aromatic amines is 1. The molecule has 0 fully saturated rings. The Morgan fingerprint density at radius 3 is 2.67 bits per heavy atom. The lowest BCUT2D eigenvalue weighted by Crippen LogP contribution is -2.26. The summed E-state index contributed by atoms with van der Waals surface area (Å²) in [5.41, 5.74) is 9.65. The Morgan fingerprint density at radius 2 is 1.81 bits per heavy atom. The number of H-pyrrole nitrogens is 1. The molecule has 0 saturated carbocycles. The summed E-state index contributed by atoms with van der Waals surface area (Å²) >= 11 is 0. The van der Waals surface area contributed by atoms with Crippen molar-refractivity contribution in [3.63, 3.8) is 0 Å². The average molecular weight is 361 g/mol. The van der Waals surface area contributed by atoms with Crippen molar-refractivity contribution in [2.75, 3.05) is 25.4 Å². The summed E-state index contributed by atoms with van der Waals surface area (Å²) in [6, 6.07) is 21.5. The van der Waals surface area contributed by atoms with E-state index in [4.69, 9.17) is 10.5 Å². The number of anilines is 1. The van der Waals surface area contributed by atoms with Crippen LogP contribution in [0, 0.1) is 0 Å². The molecule has 5 N–H and O–H groups in total. The zero-order chi connectivity index (χ0) is 18.6. The van der Waals surface area contributed by atoms with Gasteiger partial charge in [-0.1, -0.05) is 30.3 Å². The van der Waals surface area contributed by atoms with Crippen LogP contribution in [-0.4, -0.2) is 29.8 Å². The summed E-state index contributed by atoms with van der Waals surface area (Å²) in [6.45, 7) is 1.68. The van der Waals surface area contributed by atoms with Crippen LogP contribution in [0.5, 0.6) is 5.75 Å². The Hall–Kier alpha value is -3.02. The summed E-state index contributed by atoms with van der Waals surface area (Å²) in [4.78, 5) is 3.40. The van der Waals surface area contributed by atoms with E-state index in [-0.39, 0.29) is 0 Å². The number of nitrogen functional groups attached to an aromatic ring is 1. The largest absolute Gasteiger partial charge is 0.492 e. The van der Waals surface area contributed by atoms with Crippen molar-refractivity contribution in [2.45, 2.75) is 6.10 Å². The van der Waals surface area contributed by atoms with Gasteiger partial charge in [-0.15, -0.1) is 0 Å². The lowest BCUT2D eigenvalue weighted by Gasteiger charge is -2.12. The fraction of sp³-hybridized carbons (Fsp3) is 0.182. The Labute approximate surface area is 157 Å². The molecule has 4 aromatic rings. The molecule has 0 spiro atoms. The second-order valence-electron chi connectivity index (χ2n) is 6.62. The normalized spacial score (nSPS) is 12.5. The highest BCUT2D eigenvalue weighted by Crippen LogP contribution is 2.29. The molecule has 0 aliphatic carbocycles. The van der Waals surface area contributed by atoms with Crippen molar-refractivity contribution in [3.8, 4) is 5.75 Å². The molecule has 0 radical (unpaired) electrons. The molecular formula is C22H23N3O2. The van der Waals surface area contributed by atoms with Crippen LogP contribution in [0.15, 0.2) is 66.7 Å². The molecule has 138 valence electrons. The highest BCUT2D eigenvalue weighted by Gasteiger charge is 2.07. The van der Waals surface area contributed by atoms with E-state index in [0.717, 1.165) is 38.8 Å². The van der Waals surface area contributed by atoms with E-state index in [2.05, 4.69) is 16.4 Å². The van der Waals surface area contributed by atoms with Crippen LogP contribution in [-0.2, 0) is 0 Å². The average Bonchev–Trinajstić information content (AvgIpc) is 3.05. The van der Waals surface area contributed by atoms with Crippen molar-refractivity contribution in [2.24, 2.45) is 0 Å². The molecule has 1 heterocycles. The summed E-state index contributed by atoms with van der Waals surface area (Å²) in [5, 5.41) is 15.6. The van der Waals surface area contributed by atoms with Gasteiger partial charge >= 0.3 is 0 Å². The standard InChI is InChI=1S/C22H23N3O2/c23-16-6-9-20-19(12-16)18-8-7-17(13-21(18)25-20)27-11-10-24-14-22(26)15-4-2-1-3-5-15/h1-9,12-13,22,24-26H,10-11,14,23H2. The second kappa shape index (κ2) is 7.70. The van der Waals surface area contributed by atoms with Gasteiger partial charge in [-0.3, -0.25) is 0 Å². The zero-order valence-corrected chi connectivity index (χ0v) is 15.0. The maximum absolute atomic E-state index is 10.1. The summed E-state index contributed by atoms with van der Waals surface area (Å²) < 4.78 is 5.83. The van der Waals surface area contributed by atoms with Crippen LogP contribution in [0.3, 0.4) is 0 Å². The first-order valence-electron chi connectivity index (χ1n) is 9.08. The number of aliphatic hydroxyl groups excluding tert-OH is 1.